The Bertz CT molecular complexity index is 1320. The van der Waals surface area contributed by atoms with Gasteiger partial charge < -0.3 is 15.1 Å². The molecule has 12 heteroatoms. The number of carbonyl (C=O) groups is 2. The van der Waals surface area contributed by atoms with E-state index in [9.17, 15) is 14.9 Å². The summed E-state index contributed by atoms with van der Waals surface area (Å²) >= 11 is 3.26. The molecule has 10 nitrogen and oxygen atoms in total. The first kappa shape index (κ1) is 25.5. The Morgan fingerprint density at radius 2 is 2.16 bits per heavy atom. The molecule has 0 bridgehead atoms. The van der Waals surface area contributed by atoms with Gasteiger partial charge in [0.1, 0.15) is 6.04 Å². The first-order valence-electron chi connectivity index (χ1n) is 12.4. The average Bonchev–Trinajstić information content (AvgIpc) is 3.70. The number of aromatic amines is 1. The van der Waals surface area contributed by atoms with Crippen LogP contribution in [-0.4, -0.2) is 81.5 Å². The van der Waals surface area contributed by atoms with Crippen molar-refractivity contribution in [1.82, 2.24) is 35.7 Å². The summed E-state index contributed by atoms with van der Waals surface area (Å²) in [6.45, 7) is 2.83. The van der Waals surface area contributed by atoms with Gasteiger partial charge in [0.05, 0.1) is 22.9 Å². The van der Waals surface area contributed by atoms with Gasteiger partial charge in [0.25, 0.3) is 5.91 Å². The van der Waals surface area contributed by atoms with Crippen LogP contribution < -0.4 is 5.32 Å². The molecule has 1 aliphatic heterocycles. The predicted molar refractivity (Wildman–Crippen MR) is 141 cm³/mol. The Morgan fingerprint density at radius 3 is 2.89 bits per heavy atom. The third-order valence-electron chi connectivity index (χ3n) is 7.33. The molecule has 1 aliphatic carbocycles. The largest absolute Gasteiger partial charge is 0.344 e. The van der Waals surface area contributed by atoms with Crippen LogP contribution in [0.15, 0.2) is 17.5 Å². The van der Waals surface area contributed by atoms with Crippen molar-refractivity contribution in [2.45, 2.75) is 56.5 Å². The fourth-order valence-corrected chi connectivity index (χ4v) is 7.79. The Labute approximate surface area is 223 Å². The highest BCUT2D eigenvalue weighted by Crippen LogP contribution is 2.50. The van der Waals surface area contributed by atoms with Gasteiger partial charge in [-0.3, -0.25) is 9.59 Å². The molecule has 5 rings (SSSR count). The summed E-state index contributed by atoms with van der Waals surface area (Å²) in [4.78, 5) is 32.2. The normalized spacial score (nSPS) is 21.6. The van der Waals surface area contributed by atoms with E-state index in [-0.39, 0.29) is 30.4 Å². The van der Waals surface area contributed by atoms with Crippen molar-refractivity contribution in [2.75, 3.05) is 27.2 Å². The summed E-state index contributed by atoms with van der Waals surface area (Å²) in [5.41, 5.74) is 1.43. The molecule has 1 saturated heterocycles. The maximum Gasteiger partial charge on any atom is 0.263 e. The van der Waals surface area contributed by atoms with Crippen molar-refractivity contribution in [3.05, 3.63) is 49.1 Å². The highest BCUT2D eigenvalue weighted by atomic mass is 32.1. The number of fused-ring (bicyclic) bond motifs is 2. The van der Waals surface area contributed by atoms with E-state index in [4.69, 9.17) is 0 Å². The van der Waals surface area contributed by atoms with Crippen molar-refractivity contribution < 1.29 is 9.59 Å². The second kappa shape index (κ2) is 10.3. The number of aromatic nitrogens is 4. The number of hydrogen-bond acceptors (Lipinski definition) is 9. The third kappa shape index (κ3) is 4.56. The maximum atomic E-state index is 12.9. The van der Waals surface area contributed by atoms with Crippen molar-refractivity contribution in [2.24, 2.45) is 0 Å². The number of likely N-dealkylation sites (tertiary alicyclic amines) is 1. The molecule has 1 unspecified atom stereocenters. The lowest BCUT2D eigenvalue weighted by Crippen LogP contribution is -2.45. The number of thiophene rings is 2. The van der Waals surface area contributed by atoms with Crippen LogP contribution in [0.2, 0.25) is 0 Å². The van der Waals surface area contributed by atoms with Gasteiger partial charge in [0.2, 0.25) is 5.91 Å². The molecule has 2 aliphatic rings. The van der Waals surface area contributed by atoms with Gasteiger partial charge >= 0.3 is 0 Å². The zero-order valence-electron chi connectivity index (χ0n) is 21.2. The molecule has 0 aromatic carbocycles. The Balaban J connectivity index is 1.51. The van der Waals surface area contributed by atoms with Crippen molar-refractivity contribution >= 4 is 34.5 Å². The van der Waals surface area contributed by atoms with Gasteiger partial charge in [-0.2, -0.15) is 10.5 Å². The topological polar surface area (TPSA) is 131 Å². The Morgan fingerprint density at radius 1 is 1.35 bits per heavy atom. The number of carbonyl (C=O) groups excluding carboxylic acids is 2. The monoisotopic (exact) mass is 538 g/mol. The molecule has 3 aromatic rings. The van der Waals surface area contributed by atoms with Crippen LogP contribution in [0.1, 0.15) is 62.6 Å². The maximum absolute atomic E-state index is 12.9. The second-order valence-corrected chi connectivity index (χ2v) is 12.0. The summed E-state index contributed by atoms with van der Waals surface area (Å²) in [7, 11) is 3.52. The lowest BCUT2D eigenvalue weighted by Gasteiger charge is -2.34. The molecule has 3 atom stereocenters. The Kier molecular flexibility index (Phi) is 7.11. The molecule has 194 valence electrons. The second-order valence-electron chi connectivity index (χ2n) is 9.91. The first-order chi connectivity index (χ1) is 17.8. The molecular formula is C25H30N8O2S2. The minimum absolute atomic E-state index is 0.0277. The quantitative estimate of drug-likeness (QED) is 0.472. The fourth-order valence-electron chi connectivity index (χ4n) is 5.58. The smallest absolute Gasteiger partial charge is 0.263 e. The SMILES string of the molecule is C[C@H](CC1(c2nn[nH]n2)c2ccsc2CCc2sc(C(=O)N(C)C)cc21)NCC(=O)N1CCC[C@H]1C#N. The summed E-state index contributed by atoms with van der Waals surface area (Å²) in [6, 6.07) is 5.94. The van der Waals surface area contributed by atoms with Gasteiger partial charge in [-0.15, -0.1) is 32.9 Å². The number of rotatable bonds is 7. The molecule has 3 aromatic heterocycles. The highest BCUT2D eigenvalue weighted by Gasteiger charge is 2.47. The fraction of sp³-hybridized carbons (Fsp3) is 0.520. The number of nitrogens with one attached hydrogen (secondary N) is 2. The third-order valence-corrected chi connectivity index (χ3v) is 9.50. The lowest BCUT2D eigenvalue weighted by molar-refractivity contribution is -0.130. The standard InChI is InChI=1S/C25H30N8O2S2/c1-15(27-14-22(34)33-9-4-5-16(33)13-26)12-25(24-28-30-31-29-24)17-8-10-36-19(17)6-7-20-18(25)11-21(37-20)23(35)32(2)3/h8,10-11,15-16,27H,4-7,9,12,14H2,1-3H3,(H,28,29,30,31)/t15-,16+,25?/m1/s1. The van der Waals surface area contributed by atoms with Crippen molar-refractivity contribution in [3.8, 4) is 6.07 Å². The number of tetrazole rings is 1. The molecule has 0 radical (unpaired) electrons. The summed E-state index contributed by atoms with van der Waals surface area (Å²) in [5, 5.41) is 30.4. The van der Waals surface area contributed by atoms with E-state index in [0.717, 1.165) is 41.7 Å². The summed E-state index contributed by atoms with van der Waals surface area (Å²) in [5.74, 6) is 0.470. The summed E-state index contributed by atoms with van der Waals surface area (Å²) in [6.07, 6.45) is 3.87. The van der Waals surface area contributed by atoms with Crippen LogP contribution in [0.5, 0.6) is 0 Å². The number of H-pyrrole nitrogens is 1. The predicted octanol–water partition coefficient (Wildman–Crippen LogP) is 2.34. The zero-order valence-corrected chi connectivity index (χ0v) is 22.8. The lowest BCUT2D eigenvalue weighted by atomic mass is 9.70. The van der Waals surface area contributed by atoms with Crippen LogP contribution in [-0.2, 0) is 23.1 Å². The minimum atomic E-state index is -0.728. The number of nitrogens with zero attached hydrogens (tertiary/aromatic N) is 6. The van der Waals surface area contributed by atoms with Crippen LogP contribution in [0.25, 0.3) is 0 Å². The number of amides is 2. The van der Waals surface area contributed by atoms with E-state index in [0.29, 0.717) is 23.7 Å². The van der Waals surface area contributed by atoms with E-state index < -0.39 is 5.41 Å². The molecule has 4 heterocycles. The number of nitriles is 1. The number of aryl methyl sites for hydroxylation is 2. The van der Waals surface area contributed by atoms with Crippen molar-refractivity contribution in [1.29, 1.82) is 5.26 Å². The molecule has 2 N–H and O–H groups in total. The van der Waals surface area contributed by atoms with E-state index in [1.165, 1.54) is 16.2 Å². The van der Waals surface area contributed by atoms with Gasteiger partial charge in [0, 0.05) is 36.4 Å². The minimum Gasteiger partial charge on any atom is -0.344 e. The highest BCUT2D eigenvalue weighted by molar-refractivity contribution is 7.14. The van der Waals surface area contributed by atoms with Gasteiger partial charge in [-0.1, -0.05) is 5.21 Å². The van der Waals surface area contributed by atoms with Crippen LogP contribution in [0, 0.1) is 11.3 Å². The molecule has 37 heavy (non-hydrogen) atoms. The van der Waals surface area contributed by atoms with E-state index >= 15 is 0 Å². The number of hydrogen-bond donors (Lipinski definition) is 2. The van der Waals surface area contributed by atoms with Crippen LogP contribution in [0.3, 0.4) is 0 Å². The molecule has 2 amide bonds. The molecule has 0 spiro atoms. The van der Waals surface area contributed by atoms with Crippen molar-refractivity contribution in [3.63, 3.8) is 0 Å². The average molecular weight is 539 g/mol. The first-order valence-corrected chi connectivity index (χ1v) is 14.1. The van der Waals surface area contributed by atoms with Crippen LogP contribution in [0.4, 0.5) is 0 Å². The van der Waals surface area contributed by atoms with Gasteiger partial charge in [-0.25, -0.2) is 0 Å². The van der Waals surface area contributed by atoms with E-state index in [2.05, 4.69) is 50.4 Å². The van der Waals surface area contributed by atoms with E-state index in [1.54, 1.807) is 35.2 Å². The van der Waals surface area contributed by atoms with Gasteiger partial charge in [0.15, 0.2) is 5.82 Å². The molecular weight excluding hydrogens is 508 g/mol. The zero-order chi connectivity index (χ0) is 26.2. The van der Waals surface area contributed by atoms with Crippen LogP contribution >= 0.6 is 22.7 Å². The van der Waals surface area contributed by atoms with E-state index in [1.807, 2.05) is 6.07 Å². The summed E-state index contributed by atoms with van der Waals surface area (Å²) < 4.78 is 0. The van der Waals surface area contributed by atoms with Gasteiger partial charge in [-0.05, 0) is 67.7 Å². The molecule has 0 saturated carbocycles. The Hall–Kier alpha value is -3.14. The molecule has 1 fully saturated rings.